The molecule has 0 spiro atoms. The molecule has 0 saturated carbocycles. The lowest BCUT2D eigenvalue weighted by Gasteiger charge is -2.11. The average Bonchev–Trinajstić information content (AvgIpc) is 2.63. The van der Waals surface area contributed by atoms with Crippen molar-refractivity contribution in [3.8, 4) is 0 Å². The Bertz CT molecular complexity index is 976. The van der Waals surface area contributed by atoms with E-state index in [0.717, 1.165) is 11.6 Å². The topological polar surface area (TPSA) is 113 Å². The van der Waals surface area contributed by atoms with Crippen molar-refractivity contribution in [2.24, 2.45) is 0 Å². The number of nitrogens with one attached hydrogen (secondary N) is 3. The molecule has 0 fully saturated rings. The Morgan fingerprint density at radius 1 is 1.11 bits per heavy atom. The molecule has 0 saturated heterocycles. The highest BCUT2D eigenvalue weighted by Gasteiger charge is 2.15. The number of non-ortho nitro benzene ring substituents is 1. The van der Waals surface area contributed by atoms with Gasteiger partial charge in [0.15, 0.2) is 0 Å². The fraction of sp³-hybridized carbons (Fsp3) is 0.111. The number of nitrogens with zero attached hydrogens (tertiary/aromatic N) is 1. The highest BCUT2D eigenvalue weighted by Crippen LogP contribution is 2.23. The molecule has 0 aromatic heterocycles. The number of hydrogen-bond acceptors (Lipinski definition) is 5. The normalized spacial score (nSPS) is 10.9. The molecule has 2 amide bonds. The number of nitro benzene ring substituents is 1. The van der Waals surface area contributed by atoms with Gasteiger partial charge in [0.2, 0.25) is 5.91 Å². The first-order chi connectivity index (χ1) is 13.2. The maximum atomic E-state index is 12.1. The second kappa shape index (κ2) is 9.20. The lowest BCUT2D eigenvalue weighted by Crippen LogP contribution is -2.36. The number of anilines is 1. The number of amides is 2. The minimum atomic E-state index is -0.612. The van der Waals surface area contributed by atoms with Crippen LogP contribution in [0.1, 0.15) is 22.8 Å². The predicted molar refractivity (Wildman–Crippen MR) is 107 cm³/mol. The van der Waals surface area contributed by atoms with Crippen LogP contribution in [0.15, 0.2) is 48.2 Å². The van der Waals surface area contributed by atoms with Gasteiger partial charge in [0.25, 0.3) is 11.6 Å². The monoisotopic (exact) mass is 422 g/mol. The van der Waals surface area contributed by atoms with E-state index in [0.29, 0.717) is 16.4 Å². The Balaban J connectivity index is 1.98. The molecule has 0 atom stereocenters. The Labute approximate surface area is 170 Å². The van der Waals surface area contributed by atoms with E-state index in [4.69, 9.17) is 23.2 Å². The van der Waals surface area contributed by atoms with Gasteiger partial charge >= 0.3 is 0 Å². The van der Waals surface area contributed by atoms with E-state index in [1.807, 2.05) is 0 Å². The van der Waals surface area contributed by atoms with Crippen molar-refractivity contribution in [2.75, 3.05) is 5.32 Å². The smallest absolute Gasteiger partial charge is 0.271 e. The van der Waals surface area contributed by atoms with Crippen molar-refractivity contribution >= 4 is 46.4 Å². The van der Waals surface area contributed by atoms with Gasteiger partial charge in [-0.1, -0.05) is 29.3 Å². The molecular formula is C18H16Cl2N4O4. The summed E-state index contributed by atoms with van der Waals surface area (Å²) in [5, 5.41) is 13.9. The van der Waals surface area contributed by atoms with Crippen LogP contribution in [-0.4, -0.2) is 16.7 Å². The Hall–Kier alpha value is -3.10. The molecule has 146 valence electrons. The van der Waals surface area contributed by atoms with Crippen LogP contribution in [0, 0.1) is 17.0 Å². The number of rotatable bonds is 6. The number of hydrazine groups is 1. The molecule has 2 rings (SSSR count). The number of carbonyl (C=O) groups is 2. The van der Waals surface area contributed by atoms with E-state index in [-0.39, 0.29) is 16.3 Å². The van der Waals surface area contributed by atoms with Crippen molar-refractivity contribution in [3.05, 3.63) is 79.5 Å². The number of allylic oxidation sites excluding steroid dienone is 1. The Morgan fingerprint density at radius 2 is 1.82 bits per heavy atom. The van der Waals surface area contributed by atoms with Crippen LogP contribution in [0.25, 0.3) is 0 Å². The van der Waals surface area contributed by atoms with Crippen molar-refractivity contribution in [2.45, 2.75) is 13.8 Å². The van der Waals surface area contributed by atoms with E-state index in [1.54, 1.807) is 32.0 Å². The lowest BCUT2D eigenvalue weighted by molar-refractivity contribution is -0.384. The molecule has 2 aromatic carbocycles. The molecule has 2 aromatic rings. The van der Waals surface area contributed by atoms with E-state index in [1.165, 1.54) is 18.2 Å². The Morgan fingerprint density at radius 3 is 2.46 bits per heavy atom. The third-order valence-electron chi connectivity index (χ3n) is 3.65. The third-order valence-corrected chi connectivity index (χ3v) is 4.38. The molecular weight excluding hydrogens is 407 g/mol. The summed E-state index contributed by atoms with van der Waals surface area (Å²) in [5.41, 5.74) is 6.42. The SMILES string of the molecule is C/C(=C\C(=O)Nc1cccc(Cl)c1C)NNC(=O)c1ccc([N+](=O)[O-])cc1Cl. The summed E-state index contributed by atoms with van der Waals surface area (Å²) in [6.45, 7) is 3.35. The van der Waals surface area contributed by atoms with Gasteiger partial charge in [-0.2, -0.15) is 0 Å². The number of nitro groups is 1. The summed E-state index contributed by atoms with van der Waals surface area (Å²) < 4.78 is 0. The zero-order valence-electron chi connectivity index (χ0n) is 14.9. The van der Waals surface area contributed by atoms with E-state index < -0.39 is 16.7 Å². The van der Waals surface area contributed by atoms with Crippen LogP contribution in [0.3, 0.4) is 0 Å². The summed E-state index contributed by atoms with van der Waals surface area (Å²) in [6.07, 6.45) is 1.25. The number of benzene rings is 2. The minimum Gasteiger partial charge on any atom is -0.322 e. The van der Waals surface area contributed by atoms with Crippen LogP contribution in [0.5, 0.6) is 0 Å². The number of hydrogen-bond donors (Lipinski definition) is 3. The molecule has 0 bridgehead atoms. The second-order valence-electron chi connectivity index (χ2n) is 5.73. The van der Waals surface area contributed by atoms with Crippen LogP contribution in [0.2, 0.25) is 10.0 Å². The van der Waals surface area contributed by atoms with Crippen LogP contribution in [-0.2, 0) is 4.79 Å². The third kappa shape index (κ3) is 5.45. The maximum absolute atomic E-state index is 12.1. The summed E-state index contributed by atoms with van der Waals surface area (Å²) in [7, 11) is 0. The molecule has 0 radical (unpaired) electrons. The van der Waals surface area contributed by atoms with Gasteiger partial charge in [-0.05, 0) is 37.6 Å². The van der Waals surface area contributed by atoms with Crippen LogP contribution < -0.4 is 16.2 Å². The zero-order valence-corrected chi connectivity index (χ0v) is 16.4. The minimum absolute atomic E-state index is 0.0478. The molecule has 0 aliphatic rings. The summed E-state index contributed by atoms with van der Waals surface area (Å²) >= 11 is 11.9. The molecule has 8 nitrogen and oxygen atoms in total. The predicted octanol–water partition coefficient (Wildman–Crippen LogP) is 3.99. The largest absolute Gasteiger partial charge is 0.322 e. The van der Waals surface area contributed by atoms with Gasteiger partial charge in [0, 0.05) is 34.6 Å². The lowest BCUT2D eigenvalue weighted by atomic mass is 10.2. The molecule has 10 heteroatoms. The molecule has 0 aliphatic carbocycles. The van der Waals surface area contributed by atoms with Gasteiger partial charge in [0.05, 0.1) is 15.5 Å². The van der Waals surface area contributed by atoms with Crippen molar-refractivity contribution < 1.29 is 14.5 Å². The fourth-order valence-electron chi connectivity index (χ4n) is 2.17. The van der Waals surface area contributed by atoms with E-state index in [2.05, 4.69) is 16.2 Å². The van der Waals surface area contributed by atoms with E-state index >= 15 is 0 Å². The second-order valence-corrected chi connectivity index (χ2v) is 6.54. The van der Waals surface area contributed by atoms with Gasteiger partial charge in [0.1, 0.15) is 0 Å². The summed E-state index contributed by atoms with van der Waals surface area (Å²) in [4.78, 5) is 34.3. The van der Waals surface area contributed by atoms with Crippen molar-refractivity contribution in [1.82, 2.24) is 10.9 Å². The van der Waals surface area contributed by atoms with Crippen molar-refractivity contribution in [1.29, 1.82) is 0 Å². The summed E-state index contributed by atoms with van der Waals surface area (Å²) in [5.74, 6) is -1.03. The standard InChI is InChI=1S/C18H16Cl2N4O4/c1-10(8-17(25)21-16-5-3-4-14(19)11(16)2)22-23-18(26)13-7-6-12(24(27)28)9-15(13)20/h3-9,22H,1-2H3,(H,21,25)(H,23,26)/b10-8+. The Kier molecular flexibility index (Phi) is 6.97. The van der Waals surface area contributed by atoms with Gasteiger partial charge in [-0.3, -0.25) is 25.1 Å². The highest BCUT2D eigenvalue weighted by atomic mass is 35.5. The summed E-state index contributed by atoms with van der Waals surface area (Å²) in [6, 6.07) is 8.64. The number of halogens is 2. The molecule has 28 heavy (non-hydrogen) atoms. The first-order valence-corrected chi connectivity index (χ1v) is 8.69. The fourth-order valence-corrected chi connectivity index (χ4v) is 2.60. The maximum Gasteiger partial charge on any atom is 0.271 e. The quantitative estimate of drug-likeness (QED) is 0.370. The van der Waals surface area contributed by atoms with E-state index in [9.17, 15) is 19.7 Å². The first kappa shape index (κ1) is 21.2. The van der Waals surface area contributed by atoms with Crippen LogP contribution in [0.4, 0.5) is 11.4 Å². The molecule has 3 N–H and O–H groups in total. The van der Waals surface area contributed by atoms with Gasteiger partial charge in [-0.15, -0.1) is 0 Å². The zero-order chi connectivity index (χ0) is 20.8. The molecule has 0 aliphatic heterocycles. The molecule has 0 heterocycles. The van der Waals surface area contributed by atoms with Gasteiger partial charge in [-0.25, -0.2) is 0 Å². The first-order valence-electron chi connectivity index (χ1n) is 7.93. The van der Waals surface area contributed by atoms with Crippen molar-refractivity contribution in [3.63, 3.8) is 0 Å². The van der Waals surface area contributed by atoms with Gasteiger partial charge < -0.3 is 10.7 Å². The van der Waals surface area contributed by atoms with Crippen LogP contribution >= 0.6 is 23.2 Å². The molecule has 0 unspecified atom stereocenters. The highest BCUT2D eigenvalue weighted by molar-refractivity contribution is 6.34. The average molecular weight is 423 g/mol. The number of carbonyl (C=O) groups excluding carboxylic acids is 2.